The lowest BCUT2D eigenvalue weighted by Gasteiger charge is -2.21. The van der Waals surface area contributed by atoms with Gasteiger partial charge in [-0.25, -0.2) is 9.78 Å². The smallest absolute Gasteiger partial charge is 0.350 e. The Bertz CT molecular complexity index is 618. The van der Waals surface area contributed by atoms with Crippen LogP contribution < -0.4 is 10.6 Å². The molecule has 1 rings (SSSR count). The number of halogens is 1. The van der Waals surface area contributed by atoms with Gasteiger partial charge in [0.05, 0.1) is 18.3 Å². The molecule has 2 N–H and O–H groups in total. The van der Waals surface area contributed by atoms with Crippen molar-refractivity contribution in [3.8, 4) is 0 Å². The summed E-state index contributed by atoms with van der Waals surface area (Å²) in [6.45, 7) is 14.7. The zero-order valence-electron chi connectivity index (χ0n) is 18.7. The number of nitrogens with zero attached hydrogens (tertiary/aromatic N) is 3. The minimum absolute atomic E-state index is 0. The molecule has 0 spiro atoms. The molecule has 0 aliphatic heterocycles. The molecule has 0 aliphatic rings. The van der Waals surface area contributed by atoms with Gasteiger partial charge in [-0.05, 0) is 59.7 Å². The van der Waals surface area contributed by atoms with Crippen molar-refractivity contribution in [2.24, 2.45) is 4.99 Å². The van der Waals surface area contributed by atoms with E-state index in [1.54, 1.807) is 14.0 Å². The summed E-state index contributed by atoms with van der Waals surface area (Å²) >= 11 is 1.37. The topological polar surface area (TPSA) is 78.9 Å². The summed E-state index contributed by atoms with van der Waals surface area (Å²) in [6.07, 6.45) is 3.45. The average molecular weight is 540 g/mol. The molecule has 1 unspecified atom stereocenters. The molecule has 1 atom stereocenters. The number of guanidine groups is 1. The Morgan fingerprint density at radius 1 is 1.24 bits per heavy atom. The maximum absolute atomic E-state index is 12.0. The van der Waals surface area contributed by atoms with Crippen molar-refractivity contribution < 1.29 is 9.53 Å². The summed E-state index contributed by atoms with van der Waals surface area (Å²) in [6, 6.07) is -0.0465. The molecule has 29 heavy (non-hydrogen) atoms. The summed E-state index contributed by atoms with van der Waals surface area (Å²) in [4.78, 5) is 23.9. The van der Waals surface area contributed by atoms with E-state index in [0.717, 1.165) is 43.6 Å². The van der Waals surface area contributed by atoms with Crippen LogP contribution in [-0.2, 0) is 4.74 Å². The highest BCUT2D eigenvalue weighted by Crippen LogP contribution is 2.24. The minimum atomic E-state index is -0.304. The third-order valence-corrected chi connectivity index (χ3v) is 5.56. The van der Waals surface area contributed by atoms with Crippen molar-refractivity contribution in [3.63, 3.8) is 0 Å². The van der Waals surface area contributed by atoms with Gasteiger partial charge in [-0.15, -0.1) is 35.3 Å². The molecule has 0 radical (unpaired) electrons. The van der Waals surface area contributed by atoms with Crippen molar-refractivity contribution >= 4 is 47.2 Å². The van der Waals surface area contributed by atoms with E-state index in [4.69, 9.17) is 4.74 Å². The molecule has 0 fully saturated rings. The number of nitrogens with one attached hydrogen (secondary N) is 2. The van der Waals surface area contributed by atoms with Gasteiger partial charge in [0.1, 0.15) is 9.88 Å². The van der Waals surface area contributed by atoms with Gasteiger partial charge in [-0.2, -0.15) is 0 Å². The number of thiazole rings is 1. The van der Waals surface area contributed by atoms with Crippen LogP contribution in [0, 0.1) is 6.92 Å². The van der Waals surface area contributed by atoms with E-state index in [9.17, 15) is 4.79 Å². The van der Waals surface area contributed by atoms with E-state index < -0.39 is 0 Å². The predicted molar refractivity (Wildman–Crippen MR) is 133 cm³/mol. The normalized spacial score (nSPS) is 12.4. The number of hydrogen-bond acceptors (Lipinski definition) is 6. The first-order valence-electron chi connectivity index (χ1n) is 10.3. The average Bonchev–Trinajstić information content (AvgIpc) is 3.06. The van der Waals surface area contributed by atoms with Gasteiger partial charge in [0.15, 0.2) is 5.96 Å². The van der Waals surface area contributed by atoms with Crippen LogP contribution in [0.2, 0.25) is 0 Å². The highest BCUT2D eigenvalue weighted by Gasteiger charge is 2.20. The fraction of sp³-hybridized carbons (Fsp3) is 0.750. The zero-order valence-corrected chi connectivity index (χ0v) is 21.9. The Balaban J connectivity index is 0.00000784. The summed E-state index contributed by atoms with van der Waals surface area (Å²) < 4.78 is 5.09. The number of esters is 1. The van der Waals surface area contributed by atoms with Crippen LogP contribution in [0.25, 0.3) is 0 Å². The highest BCUT2D eigenvalue weighted by atomic mass is 127. The summed E-state index contributed by atoms with van der Waals surface area (Å²) in [5.41, 5.74) is 0.710. The van der Waals surface area contributed by atoms with Crippen molar-refractivity contribution in [3.05, 3.63) is 15.6 Å². The molecule has 0 amide bonds. The number of rotatable bonds is 12. The largest absolute Gasteiger partial charge is 0.462 e. The standard InChI is InChI=1S/C20H37N5O2S.HI/c1-7-12-25(13-8-2)14-10-11-22-20(21-6)24-16(5)18-23-15(4)17(28-18)19(26)27-9-3;/h16H,7-14H2,1-6H3,(H2,21,22,24);1H. The fourth-order valence-electron chi connectivity index (χ4n) is 2.93. The Hall–Kier alpha value is -0.940. The first-order chi connectivity index (χ1) is 13.5. The van der Waals surface area contributed by atoms with Crippen LogP contribution >= 0.6 is 35.3 Å². The predicted octanol–water partition coefficient (Wildman–Crippen LogP) is 3.98. The SMILES string of the molecule is CCCN(CCC)CCCNC(=NC)NC(C)c1nc(C)c(C(=O)OCC)s1.I. The summed E-state index contributed by atoms with van der Waals surface area (Å²) in [5, 5.41) is 7.57. The number of hydrogen-bond donors (Lipinski definition) is 2. The lowest BCUT2D eigenvalue weighted by Crippen LogP contribution is -2.40. The van der Waals surface area contributed by atoms with Crippen LogP contribution in [0.1, 0.15) is 73.4 Å². The lowest BCUT2D eigenvalue weighted by molar-refractivity contribution is 0.0531. The van der Waals surface area contributed by atoms with E-state index in [-0.39, 0.29) is 36.0 Å². The lowest BCUT2D eigenvalue weighted by atomic mass is 10.3. The first kappa shape index (κ1) is 28.1. The quantitative estimate of drug-likeness (QED) is 0.138. The minimum Gasteiger partial charge on any atom is -0.462 e. The summed E-state index contributed by atoms with van der Waals surface area (Å²) in [7, 11) is 1.76. The van der Waals surface area contributed by atoms with Crippen LogP contribution in [0.4, 0.5) is 0 Å². The molecule has 7 nitrogen and oxygen atoms in total. The molecule has 0 bridgehead atoms. The van der Waals surface area contributed by atoms with E-state index in [0.29, 0.717) is 17.2 Å². The Labute approximate surface area is 197 Å². The molecule has 0 aromatic carbocycles. The third kappa shape index (κ3) is 10.1. The van der Waals surface area contributed by atoms with Gasteiger partial charge in [0, 0.05) is 13.6 Å². The number of aliphatic imine (C=N–C) groups is 1. The molecule has 9 heteroatoms. The highest BCUT2D eigenvalue weighted by molar-refractivity contribution is 14.0. The van der Waals surface area contributed by atoms with E-state index in [1.807, 2.05) is 13.8 Å². The van der Waals surface area contributed by atoms with Crippen molar-refractivity contribution in [1.29, 1.82) is 0 Å². The van der Waals surface area contributed by atoms with Crippen molar-refractivity contribution in [2.75, 3.05) is 39.8 Å². The van der Waals surface area contributed by atoms with E-state index in [1.165, 1.54) is 24.2 Å². The fourth-order valence-corrected chi connectivity index (χ4v) is 3.89. The molecule has 0 saturated carbocycles. The molecule has 1 aromatic heterocycles. The van der Waals surface area contributed by atoms with E-state index in [2.05, 4.69) is 39.4 Å². The van der Waals surface area contributed by atoms with Crippen molar-refractivity contribution in [2.45, 2.75) is 59.9 Å². The van der Waals surface area contributed by atoms with Gasteiger partial charge in [0.25, 0.3) is 0 Å². The monoisotopic (exact) mass is 539 g/mol. The van der Waals surface area contributed by atoms with Crippen molar-refractivity contribution in [1.82, 2.24) is 20.5 Å². The molecule has 1 aromatic rings. The van der Waals surface area contributed by atoms with Gasteiger partial charge < -0.3 is 20.3 Å². The van der Waals surface area contributed by atoms with Gasteiger partial charge >= 0.3 is 5.97 Å². The van der Waals surface area contributed by atoms with Crippen LogP contribution in [-0.4, -0.2) is 61.6 Å². The number of ether oxygens (including phenoxy) is 1. The van der Waals surface area contributed by atoms with E-state index >= 15 is 0 Å². The zero-order chi connectivity index (χ0) is 20.9. The van der Waals surface area contributed by atoms with Gasteiger partial charge in [0.2, 0.25) is 0 Å². The molecule has 1 heterocycles. The molecule has 0 saturated heterocycles. The number of aromatic nitrogens is 1. The van der Waals surface area contributed by atoms with Gasteiger partial charge in [-0.1, -0.05) is 13.8 Å². The number of carbonyl (C=O) groups excluding carboxylic acids is 1. The molecular formula is C20H38IN5O2S. The third-order valence-electron chi connectivity index (χ3n) is 4.24. The molecule has 168 valence electrons. The maximum atomic E-state index is 12.0. The maximum Gasteiger partial charge on any atom is 0.350 e. The number of carbonyl (C=O) groups is 1. The molecule has 0 aliphatic carbocycles. The Morgan fingerprint density at radius 3 is 2.45 bits per heavy atom. The Morgan fingerprint density at radius 2 is 1.90 bits per heavy atom. The van der Waals surface area contributed by atoms with Gasteiger partial charge in [-0.3, -0.25) is 4.99 Å². The van der Waals surface area contributed by atoms with Crippen LogP contribution in [0.5, 0.6) is 0 Å². The second kappa shape index (κ2) is 15.8. The van der Waals surface area contributed by atoms with Crippen LogP contribution in [0.3, 0.4) is 0 Å². The second-order valence-electron chi connectivity index (χ2n) is 6.75. The first-order valence-corrected chi connectivity index (χ1v) is 11.1. The van der Waals surface area contributed by atoms with Crippen LogP contribution in [0.15, 0.2) is 4.99 Å². The Kier molecular flexibility index (Phi) is 15.3. The summed E-state index contributed by atoms with van der Waals surface area (Å²) in [5.74, 6) is 0.442. The molecular weight excluding hydrogens is 501 g/mol. The number of aryl methyl sites for hydroxylation is 1. The second-order valence-corrected chi connectivity index (χ2v) is 7.78.